The molecule has 7 heteroatoms. The second-order valence-corrected chi connectivity index (χ2v) is 4.75. The first-order valence-corrected chi connectivity index (χ1v) is 6.35. The SMILES string of the molecule is C[C@H](O)c1ccc(Oc2ccc([N+](=O)[O-])cc2F)c(Cl)c1. The predicted molar refractivity (Wildman–Crippen MR) is 75.2 cm³/mol. The molecule has 0 fully saturated rings. The molecule has 0 aliphatic carbocycles. The maximum absolute atomic E-state index is 13.7. The fraction of sp³-hybridized carbons (Fsp3) is 0.143. The topological polar surface area (TPSA) is 72.6 Å². The number of nitro benzene ring substituents is 1. The van der Waals surface area contributed by atoms with E-state index in [9.17, 15) is 19.6 Å². The lowest BCUT2D eigenvalue weighted by Gasteiger charge is -2.11. The molecule has 0 unspecified atom stereocenters. The number of aliphatic hydroxyl groups is 1. The minimum atomic E-state index is -0.861. The molecule has 0 saturated heterocycles. The molecule has 0 aromatic heterocycles. The van der Waals surface area contributed by atoms with Gasteiger partial charge in [0.05, 0.1) is 22.1 Å². The Morgan fingerprint density at radius 1 is 1.29 bits per heavy atom. The molecule has 0 amide bonds. The number of hydrogen-bond donors (Lipinski definition) is 1. The molecule has 0 aliphatic rings. The number of rotatable bonds is 4. The Morgan fingerprint density at radius 3 is 2.48 bits per heavy atom. The van der Waals surface area contributed by atoms with Crippen LogP contribution in [0, 0.1) is 15.9 Å². The van der Waals surface area contributed by atoms with Gasteiger partial charge in [-0.3, -0.25) is 10.1 Å². The van der Waals surface area contributed by atoms with Crippen molar-refractivity contribution in [3.05, 3.63) is 62.9 Å². The number of hydrogen-bond acceptors (Lipinski definition) is 4. The summed E-state index contributed by atoms with van der Waals surface area (Å²) in [6.07, 6.45) is -0.687. The normalized spacial score (nSPS) is 12.0. The standard InChI is InChI=1S/C14H11ClFNO4/c1-8(18)9-2-4-13(11(15)6-9)21-14-5-3-10(17(19)20)7-12(14)16/h2-8,18H,1H3/t8-/m0/s1. The lowest BCUT2D eigenvalue weighted by molar-refractivity contribution is -0.385. The number of nitro groups is 1. The van der Waals surface area contributed by atoms with Gasteiger partial charge in [0.15, 0.2) is 11.6 Å². The Morgan fingerprint density at radius 2 is 1.95 bits per heavy atom. The maximum Gasteiger partial charge on any atom is 0.272 e. The lowest BCUT2D eigenvalue weighted by atomic mass is 10.1. The second kappa shape index (κ2) is 6.07. The van der Waals surface area contributed by atoms with Gasteiger partial charge in [-0.1, -0.05) is 17.7 Å². The smallest absolute Gasteiger partial charge is 0.272 e. The molecule has 110 valence electrons. The van der Waals surface area contributed by atoms with Gasteiger partial charge in [0.1, 0.15) is 5.75 Å². The fourth-order valence-corrected chi connectivity index (χ4v) is 1.89. The summed E-state index contributed by atoms with van der Waals surface area (Å²) in [4.78, 5) is 9.83. The van der Waals surface area contributed by atoms with Crippen molar-refractivity contribution in [1.82, 2.24) is 0 Å². The van der Waals surface area contributed by atoms with Crippen molar-refractivity contribution in [3.8, 4) is 11.5 Å². The number of halogens is 2. The number of aliphatic hydroxyl groups excluding tert-OH is 1. The molecule has 0 saturated carbocycles. The van der Waals surface area contributed by atoms with Crippen LogP contribution in [-0.4, -0.2) is 10.0 Å². The third-order valence-corrected chi connectivity index (χ3v) is 3.08. The summed E-state index contributed by atoms with van der Waals surface area (Å²) in [5.74, 6) is -0.846. The van der Waals surface area contributed by atoms with Gasteiger partial charge in [-0.05, 0) is 30.7 Å². The van der Waals surface area contributed by atoms with Crippen LogP contribution in [0.2, 0.25) is 5.02 Å². The van der Waals surface area contributed by atoms with E-state index in [1.165, 1.54) is 12.1 Å². The number of non-ortho nitro benzene ring substituents is 1. The molecule has 0 aliphatic heterocycles. The third-order valence-electron chi connectivity index (χ3n) is 2.78. The van der Waals surface area contributed by atoms with Crippen molar-refractivity contribution in [2.24, 2.45) is 0 Å². The van der Waals surface area contributed by atoms with E-state index in [-0.39, 0.29) is 22.2 Å². The molecule has 2 aromatic carbocycles. The van der Waals surface area contributed by atoms with E-state index in [1.54, 1.807) is 13.0 Å². The molecular weight excluding hydrogens is 301 g/mol. The zero-order chi connectivity index (χ0) is 15.6. The first kappa shape index (κ1) is 15.2. The molecule has 2 aromatic rings. The molecule has 0 spiro atoms. The Labute approximate surface area is 124 Å². The average Bonchev–Trinajstić information content (AvgIpc) is 2.42. The molecule has 0 bridgehead atoms. The van der Waals surface area contributed by atoms with Crippen LogP contribution < -0.4 is 4.74 Å². The van der Waals surface area contributed by atoms with Crippen molar-refractivity contribution >= 4 is 17.3 Å². The molecule has 0 radical (unpaired) electrons. The summed E-state index contributed by atoms with van der Waals surface area (Å²) in [5.41, 5.74) is 0.229. The lowest BCUT2D eigenvalue weighted by Crippen LogP contribution is -1.94. The van der Waals surface area contributed by atoms with E-state index >= 15 is 0 Å². The van der Waals surface area contributed by atoms with E-state index in [4.69, 9.17) is 16.3 Å². The minimum Gasteiger partial charge on any atom is -0.453 e. The first-order valence-electron chi connectivity index (χ1n) is 5.98. The van der Waals surface area contributed by atoms with Gasteiger partial charge in [0, 0.05) is 6.07 Å². The summed E-state index contributed by atoms with van der Waals surface area (Å²) >= 11 is 5.99. The first-order chi connectivity index (χ1) is 9.88. The van der Waals surface area contributed by atoms with Crippen LogP contribution in [0.3, 0.4) is 0 Å². The van der Waals surface area contributed by atoms with Crippen molar-refractivity contribution in [2.75, 3.05) is 0 Å². The summed E-state index contributed by atoms with van der Waals surface area (Å²) < 4.78 is 19.0. The van der Waals surface area contributed by atoms with Gasteiger partial charge in [0.25, 0.3) is 5.69 Å². The Hall–Kier alpha value is -2.18. The number of ether oxygens (including phenoxy) is 1. The molecule has 1 N–H and O–H groups in total. The van der Waals surface area contributed by atoms with E-state index in [1.807, 2.05) is 0 Å². The van der Waals surface area contributed by atoms with Crippen LogP contribution in [0.5, 0.6) is 11.5 Å². The summed E-state index contributed by atoms with van der Waals surface area (Å²) in [7, 11) is 0. The second-order valence-electron chi connectivity index (χ2n) is 4.34. The van der Waals surface area contributed by atoms with Crippen LogP contribution in [0.25, 0.3) is 0 Å². The average molecular weight is 312 g/mol. The van der Waals surface area contributed by atoms with E-state index < -0.39 is 16.8 Å². The van der Waals surface area contributed by atoms with Crippen LogP contribution >= 0.6 is 11.6 Å². The highest BCUT2D eigenvalue weighted by Crippen LogP contribution is 2.33. The Balaban J connectivity index is 2.28. The van der Waals surface area contributed by atoms with Crippen LogP contribution in [0.15, 0.2) is 36.4 Å². The largest absolute Gasteiger partial charge is 0.453 e. The number of benzene rings is 2. The van der Waals surface area contributed by atoms with Crippen molar-refractivity contribution in [1.29, 1.82) is 0 Å². The highest BCUT2D eigenvalue weighted by atomic mass is 35.5. The van der Waals surface area contributed by atoms with Gasteiger partial charge < -0.3 is 9.84 Å². The van der Waals surface area contributed by atoms with Crippen molar-refractivity contribution < 1.29 is 19.2 Å². The molecule has 21 heavy (non-hydrogen) atoms. The molecular formula is C14H11ClFNO4. The van der Waals surface area contributed by atoms with E-state index in [2.05, 4.69) is 0 Å². The Bertz CT molecular complexity index is 691. The molecule has 5 nitrogen and oxygen atoms in total. The zero-order valence-electron chi connectivity index (χ0n) is 10.9. The van der Waals surface area contributed by atoms with Gasteiger partial charge in [-0.2, -0.15) is 0 Å². The zero-order valence-corrected chi connectivity index (χ0v) is 11.7. The minimum absolute atomic E-state index is 0.174. The highest BCUT2D eigenvalue weighted by molar-refractivity contribution is 6.32. The van der Waals surface area contributed by atoms with Crippen LogP contribution in [0.4, 0.5) is 10.1 Å². The Kier molecular flexibility index (Phi) is 4.40. The third kappa shape index (κ3) is 3.48. The summed E-state index contributed by atoms with van der Waals surface area (Å²) in [6.45, 7) is 1.59. The predicted octanol–water partition coefficient (Wildman–Crippen LogP) is 4.23. The van der Waals surface area contributed by atoms with Crippen molar-refractivity contribution in [3.63, 3.8) is 0 Å². The van der Waals surface area contributed by atoms with Crippen LogP contribution in [0.1, 0.15) is 18.6 Å². The quantitative estimate of drug-likeness (QED) is 0.677. The monoisotopic (exact) mass is 311 g/mol. The molecule has 1 atom stereocenters. The van der Waals surface area contributed by atoms with Crippen molar-refractivity contribution in [2.45, 2.75) is 13.0 Å². The molecule has 0 heterocycles. The van der Waals surface area contributed by atoms with Gasteiger partial charge >= 0.3 is 0 Å². The van der Waals surface area contributed by atoms with Gasteiger partial charge in [-0.25, -0.2) is 4.39 Å². The maximum atomic E-state index is 13.7. The summed E-state index contributed by atoms with van der Waals surface area (Å²) in [6, 6.07) is 7.65. The van der Waals surface area contributed by atoms with Gasteiger partial charge in [-0.15, -0.1) is 0 Å². The summed E-state index contributed by atoms with van der Waals surface area (Å²) in [5, 5.41) is 20.2. The number of nitrogens with zero attached hydrogens (tertiary/aromatic N) is 1. The van der Waals surface area contributed by atoms with E-state index in [0.29, 0.717) is 5.56 Å². The van der Waals surface area contributed by atoms with Crippen LogP contribution in [-0.2, 0) is 0 Å². The van der Waals surface area contributed by atoms with Gasteiger partial charge in [0.2, 0.25) is 0 Å². The van der Waals surface area contributed by atoms with E-state index in [0.717, 1.165) is 18.2 Å². The molecule has 2 rings (SSSR count). The fourth-order valence-electron chi connectivity index (χ4n) is 1.66. The highest BCUT2D eigenvalue weighted by Gasteiger charge is 2.14.